The molecule has 1 atom stereocenters. The Hall–Kier alpha value is -0.610. The van der Waals surface area contributed by atoms with Crippen molar-refractivity contribution >= 4 is 5.97 Å². The van der Waals surface area contributed by atoms with Gasteiger partial charge in [-0.1, -0.05) is 0 Å². The first-order valence-corrected chi connectivity index (χ1v) is 3.52. The summed E-state index contributed by atoms with van der Waals surface area (Å²) in [4.78, 5) is 10.8. The monoisotopic (exact) mass is 162 g/mol. The third kappa shape index (κ3) is 4.75. The van der Waals surface area contributed by atoms with Crippen LogP contribution >= 0.6 is 0 Å². The third-order valence-electron chi connectivity index (χ3n) is 1.23. The van der Waals surface area contributed by atoms with Crippen molar-refractivity contribution in [3.8, 4) is 0 Å². The van der Waals surface area contributed by atoms with Crippen LogP contribution in [-0.4, -0.2) is 37.5 Å². The molecule has 1 unspecified atom stereocenters. The van der Waals surface area contributed by atoms with E-state index in [9.17, 15) is 4.79 Å². The number of aliphatic hydroxyl groups excluding tert-OH is 1. The zero-order valence-electron chi connectivity index (χ0n) is 6.87. The Morgan fingerprint density at radius 2 is 2.27 bits per heavy atom. The standard InChI is InChI=1S/C7H14O4/c1-6(10-2)7(9)11-5-3-4-8/h6,8H,3-5H2,1-2H3. The summed E-state index contributed by atoms with van der Waals surface area (Å²) in [5, 5.41) is 8.35. The van der Waals surface area contributed by atoms with Gasteiger partial charge in [-0.05, 0) is 6.92 Å². The van der Waals surface area contributed by atoms with Crippen molar-refractivity contribution in [2.24, 2.45) is 0 Å². The van der Waals surface area contributed by atoms with E-state index in [0.29, 0.717) is 6.42 Å². The van der Waals surface area contributed by atoms with Crippen LogP contribution in [0.5, 0.6) is 0 Å². The minimum Gasteiger partial charge on any atom is -0.464 e. The van der Waals surface area contributed by atoms with Crippen molar-refractivity contribution in [3.63, 3.8) is 0 Å². The zero-order chi connectivity index (χ0) is 8.69. The van der Waals surface area contributed by atoms with E-state index in [4.69, 9.17) is 14.6 Å². The fourth-order valence-corrected chi connectivity index (χ4v) is 0.451. The van der Waals surface area contributed by atoms with Gasteiger partial charge in [0.2, 0.25) is 0 Å². The molecule has 0 aliphatic heterocycles. The van der Waals surface area contributed by atoms with Gasteiger partial charge in [0.15, 0.2) is 6.10 Å². The van der Waals surface area contributed by atoms with Crippen LogP contribution < -0.4 is 0 Å². The first-order valence-electron chi connectivity index (χ1n) is 3.52. The van der Waals surface area contributed by atoms with Gasteiger partial charge in [0.25, 0.3) is 0 Å². The Bertz CT molecular complexity index is 113. The molecule has 11 heavy (non-hydrogen) atoms. The summed E-state index contributed by atoms with van der Waals surface area (Å²) in [6.45, 7) is 1.90. The largest absolute Gasteiger partial charge is 0.464 e. The molecule has 0 amide bonds. The predicted molar refractivity (Wildman–Crippen MR) is 39.1 cm³/mol. The van der Waals surface area contributed by atoms with E-state index in [1.807, 2.05) is 0 Å². The molecular weight excluding hydrogens is 148 g/mol. The molecule has 0 radical (unpaired) electrons. The molecule has 1 N–H and O–H groups in total. The molecule has 4 heteroatoms. The van der Waals surface area contributed by atoms with Gasteiger partial charge < -0.3 is 14.6 Å². The molecule has 0 fully saturated rings. The van der Waals surface area contributed by atoms with Crippen LogP contribution in [0, 0.1) is 0 Å². The fourth-order valence-electron chi connectivity index (χ4n) is 0.451. The summed E-state index contributed by atoms with van der Waals surface area (Å²) < 4.78 is 9.42. The van der Waals surface area contributed by atoms with E-state index in [1.54, 1.807) is 6.92 Å². The van der Waals surface area contributed by atoms with Crippen LogP contribution in [0.1, 0.15) is 13.3 Å². The lowest BCUT2D eigenvalue weighted by molar-refractivity contribution is -0.154. The summed E-state index contributed by atoms with van der Waals surface area (Å²) in [6, 6.07) is 0. The minimum atomic E-state index is -0.520. The molecule has 0 aromatic rings. The molecule has 0 aliphatic rings. The van der Waals surface area contributed by atoms with Gasteiger partial charge in [0.1, 0.15) is 0 Å². The van der Waals surface area contributed by atoms with Crippen molar-refractivity contribution in [2.45, 2.75) is 19.4 Å². The lowest BCUT2D eigenvalue weighted by Gasteiger charge is -2.08. The number of rotatable bonds is 5. The Labute approximate surface area is 66.1 Å². The highest BCUT2D eigenvalue weighted by Crippen LogP contribution is 1.92. The Kier molecular flexibility index (Phi) is 5.78. The lowest BCUT2D eigenvalue weighted by Crippen LogP contribution is -2.22. The number of carbonyl (C=O) groups is 1. The average molecular weight is 162 g/mol. The second-order valence-electron chi connectivity index (χ2n) is 2.12. The van der Waals surface area contributed by atoms with Crippen LogP contribution in [0.25, 0.3) is 0 Å². The van der Waals surface area contributed by atoms with Gasteiger partial charge in [-0.25, -0.2) is 4.79 Å². The van der Waals surface area contributed by atoms with E-state index in [0.717, 1.165) is 0 Å². The average Bonchev–Trinajstić information content (AvgIpc) is 2.03. The number of methoxy groups -OCH3 is 1. The maximum Gasteiger partial charge on any atom is 0.334 e. The SMILES string of the molecule is COC(C)C(=O)OCCCO. The molecule has 4 nitrogen and oxygen atoms in total. The van der Waals surface area contributed by atoms with Crippen molar-refractivity contribution in [1.29, 1.82) is 0 Å². The molecule has 0 spiro atoms. The number of aliphatic hydroxyl groups is 1. The van der Waals surface area contributed by atoms with Crippen LogP contribution in [-0.2, 0) is 14.3 Å². The molecule has 0 rings (SSSR count). The van der Waals surface area contributed by atoms with E-state index in [2.05, 4.69) is 0 Å². The number of carbonyl (C=O) groups excluding carboxylic acids is 1. The minimum absolute atomic E-state index is 0.0364. The van der Waals surface area contributed by atoms with Crippen molar-refractivity contribution in [2.75, 3.05) is 20.3 Å². The van der Waals surface area contributed by atoms with Crippen molar-refractivity contribution < 1.29 is 19.4 Å². The second-order valence-corrected chi connectivity index (χ2v) is 2.12. The zero-order valence-corrected chi connectivity index (χ0v) is 6.87. The quantitative estimate of drug-likeness (QED) is 0.454. The van der Waals surface area contributed by atoms with E-state index in [-0.39, 0.29) is 19.2 Å². The van der Waals surface area contributed by atoms with Crippen LogP contribution in [0.15, 0.2) is 0 Å². The Morgan fingerprint density at radius 3 is 2.73 bits per heavy atom. The molecular formula is C7H14O4. The summed E-state index contributed by atoms with van der Waals surface area (Å²) in [5.41, 5.74) is 0. The van der Waals surface area contributed by atoms with Crippen LogP contribution in [0.2, 0.25) is 0 Å². The molecule has 0 bridgehead atoms. The summed E-state index contributed by atoms with van der Waals surface area (Å²) in [7, 11) is 1.44. The van der Waals surface area contributed by atoms with Gasteiger partial charge in [0, 0.05) is 20.1 Å². The summed E-state index contributed by atoms with van der Waals surface area (Å²) in [5.74, 6) is -0.388. The summed E-state index contributed by atoms with van der Waals surface area (Å²) >= 11 is 0. The Balaban J connectivity index is 3.36. The molecule has 0 aliphatic carbocycles. The maximum atomic E-state index is 10.8. The molecule has 0 saturated carbocycles. The van der Waals surface area contributed by atoms with Gasteiger partial charge in [-0.2, -0.15) is 0 Å². The van der Waals surface area contributed by atoms with Gasteiger partial charge in [0.05, 0.1) is 6.61 Å². The van der Waals surface area contributed by atoms with E-state index < -0.39 is 6.10 Å². The van der Waals surface area contributed by atoms with Gasteiger partial charge in [-0.3, -0.25) is 0 Å². The van der Waals surface area contributed by atoms with E-state index >= 15 is 0 Å². The normalized spacial score (nSPS) is 12.6. The number of esters is 1. The lowest BCUT2D eigenvalue weighted by atomic mass is 10.4. The van der Waals surface area contributed by atoms with Crippen LogP contribution in [0.3, 0.4) is 0 Å². The first kappa shape index (κ1) is 10.4. The van der Waals surface area contributed by atoms with Crippen molar-refractivity contribution in [1.82, 2.24) is 0 Å². The summed E-state index contributed by atoms with van der Waals surface area (Å²) in [6.07, 6.45) is -0.0453. The first-order chi connectivity index (χ1) is 5.22. The Morgan fingerprint density at radius 1 is 1.64 bits per heavy atom. The third-order valence-corrected chi connectivity index (χ3v) is 1.23. The maximum absolute atomic E-state index is 10.8. The second kappa shape index (κ2) is 6.12. The number of ether oxygens (including phenoxy) is 2. The highest BCUT2D eigenvalue weighted by Gasteiger charge is 2.11. The van der Waals surface area contributed by atoms with Crippen LogP contribution in [0.4, 0.5) is 0 Å². The fraction of sp³-hybridized carbons (Fsp3) is 0.857. The highest BCUT2D eigenvalue weighted by molar-refractivity contribution is 5.74. The van der Waals surface area contributed by atoms with E-state index in [1.165, 1.54) is 7.11 Å². The molecule has 66 valence electrons. The molecule has 0 aromatic carbocycles. The predicted octanol–water partition coefficient (Wildman–Crippen LogP) is -0.0531. The smallest absolute Gasteiger partial charge is 0.334 e. The number of hydrogen-bond donors (Lipinski definition) is 1. The van der Waals surface area contributed by atoms with Gasteiger partial charge in [-0.15, -0.1) is 0 Å². The number of hydrogen-bond acceptors (Lipinski definition) is 4. The molecule has 0 heterocycles. The topological polar surface area (TPSA) is 55.8 Å². The van der Waals surface area contributed by atoms with Gasteiger partial charge >= 0.3 is 5.97 Å². The molecule has 0 saturated heterocycles. The van der Waals surface area contributed by atoms with Crippen molar-refractivity contribution in [3.05, 3.63) is 0 Å². The molecule has 0 aromatic heterocycles. The highest BCUT2D eigenvalue weighted by atomic mass is 16.6.